The van der Waals surface area contributed by atoms with E-state index in [9.17, 15) is 9.18 Å². The molecule has 0 radical (unpaired) electrons. The van der Waals surface area contributed by atoms with Crippen LogP contribution in [0, 0.1) is 23.4 Å². The Morgan fingerprint density at radius 1 is 1.08 bits per heavy atom. The Morgan fingerprint density at radius 2 is 1.79 bits per heavy atom. The summed E-state index contributed by atoms with van der Waals surface area (Å²) in [5.74, 6) is -2.62. The Balaban J connectivity index is 1.64. The summed E-state index contributed by atoms with van der Waals surface area (Å²) in [4.78, 5) is 21.5. The van der Waals surface area contributed by atoms with Gasteiger partial charge < -0.3 is 10.5 Å². The van der Waals surface area contributed by atoms with E-state index in [-0.39, 0.29) is 29.6 Å². The van der Waals surface area contributed by atoms with Crippen molar-refractivity contribution in [1.82, 2.24) is 9.97 Å². The molecule has 8 heteroatoms. The summed E-state index contributed by atoms with van der Waals surface area (Å²) in [7, 11) is 0. The van der Waals surface area contributed by atoms with E-state index in [0.29, 0.717) is 12.5 Å². The van der Waals surface area contributed by atoms with Gasteiger partial charge in [0.25, 0.3) is 0 Å². The van der Waals surface area contributed by atoms with Crippen LogP contribution in [0.1, 0.15) is 80.1 Å². The van der Waals surface area contributed by atoms with Crippen molar-refractivity contribution in [2.24, 2.45) is 11.7 Å². The number of benzene rings is 1. The molecule has 0 unspecified atom stereocenters. The van der Waals surface area contributed by atoms with Gasteiger partial charge in [0, 0.05) is 31.5 Å². The zero-order chi connectivity index (χ0) is 27.6. The second kappa shape index (κ2) is 11.3. The zero-order valence-electron chi connectivity index (χ0n) is 22.2. The van der Waals surface area contributed by atoms with Gasteiger partial charge in [-0.05, 0) is 98.9 Å². The second-order valence-electron chi connectivity index (χ2n) is 10.7. The first-order valence-corrected chi connectivity index (χ1v) is 13.0. The molecule has 2 aromatic heterocycles. The number of halogens is 3. The van der Waals surface area contributed by atoms with Gasteiger partial charge in [-0.3, -0.25) is 9.78 Å². The summed E-state index contributed by atoms with van der Waals surface area (Å²) in [5, 5.41) is 0. The minimum absolute atomic E-state index is 0.0200. The third-order valence-electron chi connectivity index (χ3n) is 7.32. The third kappa shape index (κ3) is 5.97. The van der Waals surface area contributed by atoms with Gasteiger partial charge in [-0.25, -0.2) is 18.2 Å². The normalized spacial score (nSPS) is 19.9. The van der Waals surface area contributed by atoms with Crippen LogP contribution in [-0.4, -0.2) is 28.4 Å². The Bertz CT molecular complexity index is 1290. The molecule has 4 rings (SSSR count). The van der Waals surface area contributed by atoms with E-state index in [1.165, 1.54) is 6.07 Å². The lowest BCUT2D eigenvalue weighted by molar-refractivity contribution is -0.0144. The zero-order valence-corrected chi connectivity index (χ0v) is 22.2. The molecule has 5 nitrogen and oxygen atoms in total. The van der Waals surface area contributed by atoms with Crippen molar-refractivity contribution < 1.29 is 22.7 Å². The van der Waals surface area contributed by atoms with Crippen molar-refractivity contribution in [2.75, 3.05) is 6.61 Å². The van der Waals surface area contributed by atoms with Crippen molar-refractivity contribution in [2.45, 2.75) is 70.9 Å². The second-order valence-corrected chi connectivity index (χ2v) is 10.7. The number of aromatic nitrogens is 2. The molecule has 0 amide bonds. The van der Waals surface area contributed by atoms with Crippen molar-refractivity contribution in [3.8, 4) is 11.3 Å². The van der Waals surface area contributed by atoms with Crippen molar-refractivity contribution >= 4 is 5.78 Å². The summed E-state index contributed by atoms with van der Waals surface area (Å²) in [6.45, 7) is 7.69. The maximum atomic E-state index is 15.1. The van der Waals surface area contributed by atoms with Crippen LogP contribution >= 0.6 is 0 Å². The lowest BCUT2D eigenvalue weighted by Gasteiger charge is -2.32. The fourth-order valence-electron chi connectivity index (χ4n) is 5.52. The minimum Gasteiger partial charge on any atom is -0.371 e. The van der Waals surface area contributed by atoms with Crippen molar-refractivity contribution in [1.29, 1.82) is 0 Å². The van der Waals surface area contributed by atoms with Crippen LogP contribution in [-0.2, 0) is 16.8 Å². The molecular formula is C30H34F3N3O2. The Labute approximate surface area is 221 Å². The highest BCUT2D eigenvalue weighted by Gasteiger charge is 2.29. The van der Waals surface area contributed by atoms with E-state index in [2.05, 4.69) is 16.9 Å². The van der Waals surface area contributed by atoms with Gasteiger partial charge in [0.2, 0.25) is 0 Å². The smallest absolute Gasteiger partial charge is 0.185 e. The van der Waals surface area contributed by atoms with Crippen LogP contribution in [0.5, 0.6) is 0 Å². The molecule has 2 heterocycles. The molecule has 1 fully saturated rings. The van der Waals surface area contributed by atoms with E-state index < -0.39 is 40.1 Å². The van der Waals surface area contributed by atoms with E-state index in [1.54, 1.807) is 33.2 Å². The number of hydrogen-bond acceptors (Lipinski definition) is 5. The molecule has 202 valence electrons. The molecule has 3 atom stereocenters. The number of carbonyl (C=O) groups is 1. The molecule has 2 N–H and O–H groups in total. The van der Waals surface area contributed by atoms with Crippen LogP contribution in [0.2, 0.25) is 0 Å². The summed E-state index contributed by atoms with van der Waals surface area (Å²) >= 11 is 0. The number of ether oxygens (including phenoxy) is 1. The highest BCUT2D eigenvalue weighted by molar-refractivity contribution is 5.96. The van der Waals surface area contributed by atoms with Gasteiger partial charge in [-0.15, -0.1) is 0 Å². The first-order chi connectivity index (χ1) is 18.0. The Hall–Kier alpha value is -3.10. The predicted molar refractivity (Wildman–Crippen MR) is 140 cm³/mol. The van der Waals surface area contributed by atoms with Crippen molar-refractivity contribution in [3.05, 3.63) is 82.6 Å². The quantitative estimate of drug-likeness (QED) is 0.340. The standard InChI is InChI=1S/C30H34F3N3O2/c1-5-38-30(3,4)20-14-24(32)28(25(33)15-20)29-23(31)6-7-26(36-29)27(37)13-19-16-35-9-8-22(19)18-10-17(2)11-21(34)12-18/h6-9,14-18,21H,5,10-13,34H2,1-4H3/t17-,18+,21-/m0/s1. The molecule has 0 bridgehead atoms. The number of carbonyl (C=O) groups excluding carboxylic acids is 1. The minimum atomic E-state index is -0.985. The van der Waals surface area contributed by atoms with Crippen molar-refractivity contribution in [3.63, 3.8) is 0 Å². The number of ketones is 1. The number of nitrogens with zero attached hydrogens (tertiary/aromatic N) is 2. The molecule has 1 aliphatic rings. The average molecular weight is 526 g/mol. The fourth-order valence-corrected chi connectivity index (χ4v) is 5.52. The first kappa shape index (κ1) is 27.9. The van der Waals surface area contributed by atoms with Crippen LogP contribution in [0.15, 0.2) is 42.7 Å². The Kier molecular flexibility index (Phi) is 8.33. The molecule has 0 saturated heterocycles. The SMILES string of the molecule is CCOC(C)(C)c1cc(F)c(-c2nc(C(=O)Cc3cnccc3[C@@H]3C[C@H](C)C[C@H](N)C3)ccc2F)c(F)c1. The molecule has 0 aliphatic heterocycles. The molecule has 1 aromatic carbocycles. The molecule has 1 saturated carbocycles. The van der Waals surface area contributed by atoms with Gasteiger partial charge in [0.05, 0.1) is 11.2 Å². The molecular weight excluding hydrogens is 491 g/mol. The predicted octanol–water partition coefficient (Wildman–Crippen LogP) is 6.49. The van der Waals surface area contributed by atoms with Gasteiger partial charge in [-0.2, -0.15) is 0 Å². The van der Waals surface area contributed by atoms with E-state index in [1.807, 2.05) is 6.07 Å². The summed E-state index contributed by atoms with van der Waals surface area (Å²) in [5.41, 5.74) is 6.09. The molecule has 0 spiro atoms. The largest absolute Gasteiger partial charge is 0.371 e. The maximum Gasteiger partial charge on any atom is 0.185 e. The van der Waals surface area contributed by atoms with Gasteiger partial charge >= 0.3 is 0 Å². The maximum absolute atomic E-state index is 15.1. The molecule has 38 heavy (non-hydrogen) atoms. The summed E-state index contributed by atoms with van der Waals surface area (Å²) in [6, 6.07) is 6.48. The van der Waals surface area contributed by atoms with Crippen LogP contribution in [0.4, 0.5) is 13.2 Å². The number of Topliss-reactive ketones (excluding diaryl/α,β-unsaturated/α-hetero) is 1. The highest BCUT2D eigenvalue weighted by Crippen LogP contribution is 2.37. The highest BCUT2D eigenvalue weighted by atomic mass is 19.1. The monoisotopic (exact) mass is 525 g/mol. The van der Waals surface area contributed by atoms with E-state index in [0.717, 1.165) is 48.6 Å². The van der Waals surface area contributed by atoms with Gasteiger partial charge in [-0.1, -0.05) is 6.92 Å². The third-order valence-corrected chi connectivity index (χ3v) is 7.32. The number of rotatable bonds is 8. The fraction of sp³-hybridized carbons (Fsp3) is 0.433. The molecule has 3 aromatic rings. The number of hydrogen-bond donors (Lipinski definition) is 1. The number of nitrogens with two attached hydrogens (primary N) is 1. The molecule has 1 aliphatic carbocycles. The Morgan fingerprint density at radius 3 is 2.45 bits per heavy atom. The van der Waals surface area contributed by atoms with Crippen LogP contribution in [0.3, 0.4) is 0 Å². The van der Waals surface area contributed by atoms with Gasteiger partial charge in [0.1, 0.15) is 28.8 Å². The van der Waals surface area contributed by atoms with E-state index >= 15 is 8.78 Å². The first-order valence-electron chi connectivity index (χ1n) is 13.0. The summed E-state index contributed by atoms with van der Waals surface area (Å²) < 4.78 is 50.7. The topological polar surface area (TPSA) is 78.1 Å². The average Bonchev–Trinajstić information content (AvgIpc) is 2.84. The lowest BCUT2D eigenvalue weighted by Crippen LogP contribution is -2.31. The van der Waals surface area contributed by atoms with Crippen LogP contribution in [0.25, 0.3) is 11.3 Å². The van der Waals surface area contributed by atoms with E-state index in [4.69, 9.17) is 10.5 Å². The summed E-state index contributed by atoms with van der Waals surface area (Å²) in [6.07, 6.45) is 6.09. The lowest BCUT2D eigenvalue weighted by atomic mass is 9.75. The number of pyridine rings is 2. The van der Waals surface area contributed by atoms with Crippen LogP contribution < -0.4 is 5.73 Å². The van der Waals surface area contributed by atoms with Gasteiger partial charge in [0.15, 0.2) is 5.78 Å².